The molecule has 0 atom stereocenters. The van der Waals surface area contributed by atoms with Crippen molar-refractivity contribution in [2.75, 3.05) is 6.61 Å². The summed E-state index contributed by atoms with van der Waals surface area (Å²) < 4.78 is 20.2. The van der Waals surface area contributed by atoms with Crippen molar-refractivity contribution in [3.63, 3.8) is 0 Å². The number of ether oxygens (including phenoxy) is 1. The monoisotopic (exact) mass is 299 g/mol. The summed E-state index contributed by atoms with van der Waals surface area (Å²) >= 11 is 3.29. The molecule has 0 saturated heterocycles. The molecular formula is C11H11BrFN3O. The molecule has 0 amide bonds. The molecule has 1 aromatic carbocycles. The van der Waals surface area contributed by atoms with Crippen LogP contribution in [0.2, 0.25) is 0 Å². The van der Waals surface area contributed by atoms with Gasteiger partial charge in [-0.3, -0.25) is 0 Å². The highest BCUT2D eigenvalue weighted by Gasteiger charge is 2.02. The maximum absolute atomic E-state index is 13.2. The van der Waals surface area contributed by atoms with Crippen molar-refractivity contribution in [2.45, 2.75) is 11.9 Å². The fourth-order valence-electron chi connectivity index (χ4n) is 1.32. The third-order valence-corrected chi connectivity index (χ3v) is 2.71. The highest BCUT2D eigenvalue weighted by Crippen LogP contribution is 2.15. The minimum Gasteiger partial charge on any atom is -0.489 e. The molecule has 0 fully saturated rings. The molecule has 0 unspecified atom stereocenters. The van der Waals surface area contributed by atoms with Crippen molar-refractivity contribution < 1.29 is 9.13 Å². The lowest BCUT2D eigenvalue weighted by Gasteiger charge is -2.06. The van der Waals surface area contributed by atoms with Crippen molar-refractivity contribution in [3.05, 3.63) is 42.0 Å². The first kappa shape index (κ1) is 12.0. The molecule has 0 spiro atoms. The number of hydrogen-bond donors (Lipinski definition) is 0. The van der Waals surface area contributed by atoms with E-state index in [0.29, 0.717) is 18.5 Å². The molecule has 0 radical (unpaired) electrons. The van der Waals surface area contributed by atoms with E-state index in [2.05, 4.69) is 26.2 Å². The molecule has 1 aromatic heterocycles. The lowest BCUT2D eigenvalue weighted by Crippen LogP contribution is -2.09. The van der Waals surface area contributed by atoms with E-state index in [9.17, 15) is 4.39 Å². The van der Waals surface area contributed by atoms with Crippen LogP contribution in [0.25, 0.3) is 0 Å². The lowest BCUT2D eigenvalue weighted by molar-refractivity contribution is 0.277. The quantitative estimate of drug-likeness (QED) is 0.796. The Labute approximate surface area is 107 Å². The van der Waals surface area contributed by atoms with Gasteiger partial charge in [0.25, 0.3) is 0 Å². The minimum absolute atomic E-state index is 0.258. The molecule has 2 aromatic rings. The van der Waals surface area contributed by atoms with Crippen LogP contribution in [-0.4, -0.2) is 21.6 Å². The van der Waals surface area contributed by atoms with Crippen LogP contribution in [-0.2, 0) is 11.9 Å². The van der Waals surface area contributed by atoms with Crippen molar-refractivity contribution >= 4 is 15.9 Å². The van der Waals surface area contributed by atoms with E-state index in [1.807, 2.05) is 6.20 Å². The Kier molecular flexibility index (Phi) is 4.08. The second-order valence-electron chi connectivity index (χ2n) is 3.39. The van der Waals surface area contributed by atoms with Gasteiger partial charge < -0.3 is 4.74 Å². The second-order valence-corrected chi connectivity index (χ2v) is 3.95. The Hall–Kier alpha value is -1.43. The van der Waals surface area contributed by atoms with Crippen LogP contribution in [0, 0.1) is 5.82 Å². The van der Waals surface area contributed by atoms with Gasteiger partial charge in [0.2, 0.25) is 0 Å². The molecule has 0 aliphatic rings. The molecule has 17 heavy (non-hydrogen) atoms. The van der Waals surface area contributed by atoms with Crippen molar-refractivity contribution in [1.29, 1.82) is 0 Å². The van der Waals surface area contributed by atoms with Gasteiger partial charge in [-0.2, -0.15) is 0 Å². The van der Waals surface area contributed by atoms with Crippen LogP contribution in [0.4, 0.5) is 4.39 Å². The maximum Gasteiger partial charge on any atom is 0.165 e. The molecule has 90 valence electrons. The predicted molar refractivity (Wildman–Crippen MR) is 64.5 cm³/mol. The molecule has 0 aliphatic heterocycles. The minimum atomic E-state index is -0.354. The van der Waals surface area contributed by atoms with Crippen LogP contribution in [0.15, 0.2) is 30.5 Å². The van der Waals surface area contributed by atoms with Crippen LogP contribution in [0.3, 0.4) is 0 Å². The van der Waals surface area contributed by atoms with Crippen molar-refractivity contribution in [2.24, 2.45) is 0 Å². The number of benzene rings is 1. The topological polar surface area (TPSA) is 39.9 Å². The molecule has 0 N–H and O–H groups in total. The van der Waals surface area contributed by atoms with Crippen molar-refractivity contribution in [3.8, 4) is 5.75 Å². The van der Waals surface area contributed by atoms with Crippen LogP contribution in [0.1, 0.15) is 5.69 Å². The van der Waals surface area contributed by atoms with E-state index in [1.54, 1.807) is 22.9 Å². The van der Waals surface area contributed by atoms with Gasteiger partial charge in [-0.25, -0.2) is 9.07 Å². The number of nitrogens with zero attached hydrogens (tertiary/aromatic N) is 3. The summed E-state index contributed by atoms with van der Waals surface area (Å²) in [5, 5.41) is 8.49. The Bertz CT molecular complexity index is 489. The third-order valence-electron chi connectivity index (χ3n) is 2.14. The molecular weight excluding hydrogens is 289 g/mol. The number of aromatic nitrogens is 3. The molecule has 6 heteroatoms. The Morgan fingerprint density at radius 1 is 1.35 bits per heavy atom. The van der Waals surface area contributed by atoms with E-state index in [-0.39, 0.29) is 11.6 Å². The Morgan fingerprint density at radius 2 is 2.18 bits per heavy atom. The first-order valence-corrected chi connectivity index (χ1v) is 6.24. The SMILES string of the molecule is Fc1ccccc1OCCn1cc(CBr)nn1. The molecule has 0 saturated carbocycles. The molecule has 0 aliphatic carbocycles. The summed E-state index contributed by atoms with van der Waals surface area (Å²) in [5.41, 5.74) is 0.857. The molecule has 2 rings (SSSR count). The van der Waals surface area contributed by atoms with E-state index >= 15 is 0 Å². The van der Waals surface area contributed by atoms with Crippen LogP contribution < -0.4 is 4.74 Å². The fourth-order valence-corrected chi connectivity index (χ4v) is 1.58. The summed E-state index contributed by atoms with van der Waals surface area (Å²) in [5.74, 6) is -0.0967. The summed E-state index contributed by atoms with van der Waals surface area (Å²) in [7, 11) is 0. The zero-order chi connectivity index (χ0) is 12.1. The first-order valence-electron chi connectivity index (χ1n) is 5.12. The third kappa shape index (κ3) is 3.26. The zero-order valence-corrected chi connectivity index (χ0v) is 10.6. The number of rotatable bonds is 5. The Balaban J connectivity index is 1.85. The number of hydrogen-bond acceptors (Lipinski definition) is 3. The average Bonchev–Trinajstić information content (AvgIpc) is 2.80. The smallest absolute Gasteiger partial charge is 0.165 e. The van der Waals surface area contributed by atoms with Gasteiger partial charge in [-0.05, 0) is 12.1 Å². The van der Waals surface area contributed by atoms with Crippen LogP contribution in [0.5, 0.6) is 5.75 Å². The standard InChI is InChI=1S/C11H11BrFN3O/c12-7-9-8-16(15-14-9)5-6-17-11-4-2-1-3-10(11)13/h1-4,8H,5-7H2. The normalized spacial score (nSPS) is 10.5. The van der Waals surface area contributed by atoms with Gasteiger partial charge in [0, 0.05) is 11.5 Å². The maximum atomic E-state index is 13.2. The van der Waals surface area contributed by atoms with Gasteiger partial charge >= 0.3 is 0 Å². The summed E-state index contributed by atoms with van der Waals surface area (Å²) in [6.07, 6.45) is 1.82. The van der Waals surface area contributed by atoms with Gasteiger partial charge in [-0.15, -0.1) is 5.10 Å². The molecule has 1 heterocycles. The zero-order valence-electron chi connectivity index (χ0n) is 9.01. The van der Waals surface area contributed by atoms with Gasteiger partial charge in [0.15, 0.2) is 11.6 Å². The largest absolute Gasteiger partial charge is 0.489 e. The predicted octanol–water partition coefficient (Wildman–Crippen LogP) is 2.39. The first-order chi connectivity index (χ1) is 8.29. The lowest BCUT2D eigenvalue weighted by atomic mass is 10.3. The van der Waals surface area contributed by atoms with E-state index < -0.39 is 0 Å². The van der Waals surface area contributed by atoms with E-state index in [0.717, 1.165) is 5.69 Å². The van der Waals surface area contributed by atoms with E-state index in [4.69, 9.17) is 4.74 Å². The highest BCUT2D eigenvalue weighted by molar-refractivity contribution is 9.08. The van der Waals surface area contributed by atoms with E-state index in [1.165, 1.54) is 6.07 Å². The fraction of sp³-hybridized carbons (Fsp3) is 0.273. The summed E-state index contributed by atoms with van der Waals surface area (Å²) in [6, 6.07) is 6.33. The number of alkyl halides is 1. The highest BCUT2D eigenvalue weighted by atomic mass is 79.9. The number of para-hydroxylation sites is 1. The number of halogens is 2. The van der Waals surface area contributed by atoms with Gasteiger partial charge in [0.1, 0.15) is 6.61 Å². The van der Waals surface area contributed by atoms with Crippen molar-refractivity contribution in [1.82, 2.24) is 15.0 Å². The van der Waals surface area contributed by atoms with Gasteiger partial charge in [-0.1, -0.05) is 33.3 Å². The van der Waals surface area contributed by atoms with Crippen LogP contribution >= 0.6 is 15.9 Å². The molecule has 4 nitrogen and oxygen atoms in total. The summed E-state index contributed by atoms with van der Waals surface area (Å²) in [4.78, 5) is 0. The second kappa shape index (κ2) is 5.77. The van der Waals surface area contributed by atoms with Gasteiger partial charge in [0.05, 0.1) is 12.2 Å². The average molecular weight is 300 g/mol. The summed E-state index contributed by atoms with van der Waals surface area (Å²) in [6.45, 7) is 0.889. The Morgan fingerprint density at radius 3 is 2.88 bits per heavy atom. The molecule has 0 bridgehead atoms.